The number of benzene rings is 2. The standard InChI is InChI=1S/C14H11F3N2S/c1-7-2-4-10(9(15)6-7)19-11-5-3-8(14(18)20)12(16)13(11)17/h2-6,19H,1H3,(H2,18,20). The van der Waals surface area contributed by atoms with E-state index in [-0.39, 0.29) is 21.9 Å². The number of nitrogens with one attached hydrogen (secondary N) is 1. The third-order valence-corrected chi connectivity index (χ3v) is 2.96. The van der Waals surface area contributed by atoms with Gasteiger partial charge in [-0.05, 0) is 36.8 Å². The molecule has 0 amide bonds. The fourth-order valence-electron chi connectivity index (χ4n) is 1.70. The molecule has 0 atom stereocenters. The van der Waals surface area contributed by atoms with E-state index in [1.807, 2.05) is 0 Å². The van der Waals surface area contributed by atoms with Crippen LogP contribution in [0.2, 0.25) is 0 Å². The summed E-state index contributed by atoms with van der Waals surface area (Å²) < 4.78 is 41.2. The molecule has 2 aromatic rings. The van der Waals surface area contributed by atoms with E-state index >= 15 is 0 Å². The third kappa shape index (κ3) is 2.75. The molecule has 0 spiro atoms. The molecule has 0 aromatic heterocycles. The number of halogens is 3. The van der Waals surface area contributed by atoms with Crippen LogP contribution >= 0.6 is 12.2 Å². The summed E-state index contributed by atoms with van der Waals surface area (Å²) in [6, 6.07) is 6.90. The molecule has 6 heteroatoms. The molecule has 3 N–H and O–H groups in total. The zero-order valence-electron chi connectivity index (χ0n) is 10.5. The number of anilines is 2. The Bertz CT molecular complexity index is 686. The van der Waals surface area contributed by atoms with Crippen LogP contribution in [0.25, 0.3) is 0 Å². The minimum atomic E-state index is -1.16. The highest BCUT2D eigenvalue weighted by atomic mass is 32.1. The lowest BCUT2D eigenvalue weighted by atomic mass is 10.1. The van der Waals surface area contributed by atoms with E-state index in [4.69, 9.17) is 5.73 Å². The zero-order chi connectivity index (χ0) is 14.9. The van der Waals surface area contributed by atoms with Gasteiger partial charge >= 0.3 is 0 Å². The minimum Gasteiger partial charge on any atom is -0.389 e. The molecule has 0 aliphatic heterocycles. The van der Waals surface area contributed by atoms with Crippen LogP contribution in [0.5, 0.6) is 0 Å². The highest BCUT2D eigenvalue weighted by Crippen LogP contribution is 2.26. The molecular weight excluding hydrogens is 285 g/mol. The van der Waals surface area contributed by atoms with Crippen LogP contribution in [0.1, 0.15) is 11.1 Å². The van der Waals surface area contributed by atoms with Gasteiger partial charge in [0.15, 0.2) is 11.6 Å². The Morgan fingerprint density at radius 1 is 1.05 bits per heavy atom. The SMILES string of the molecule is Cc1ccc(Nc2ccc(C(N)=S)c(F)c2F)c(F)c1. The van der Waals surface area contributed by atoms with E-state index in [0.717, 1.165) is 5.56 Å². The first kappa shape index (κ1) is 14.3. The largest absolute Gasteiger partial charge is 0.389 e. The quantitative estimate of drug-likeness (QED) is 0.846. The minimum absolute atomic E-state index is 0.0528. The molecule has 0 fully saturated rings. The van der Waals surface area contributed by atoms with Crippen molar-refractivity contribution in [1.82, 2.24) is 0 Å². The Labute approximate surface area is 119 Å². The Morgan fingerprint density at radius 3 is 2.30 bits per heavy atom. The second-order valence-corrected chi connectivity index (χ2v) is 4.70. The summed E-state index contributed by atoms with van der Waals surface area (Å²) in [4.78, 5) is -0.241. The summed E-state index contributed by atoms with van der Waals surface area (Å²) in [5.74, 6) is -2.87. The van der Waals surface area contributed by atoms with Crippen molar-refractivity contribution in [3.8, 4) is 0 Å². The first-order valence-electron chi connectivity index (χ1n) is 5.71. The highest BCUT2D eigenvalue weighted by Gasteiger charge is 2.15. The van der Waals surface area contributed by atoms with Gasteiger partial charge in [0.2, 0.25) is 0 Å². The highest BCUT2D eigenvalue weighted by molar-refractivity contribution is 7.80. The summed E-state index contributed by atoms with van der Waals surface area (Å²) in [5, 5.41) is 2.50. The lowest BCUT2D eigenvalue weighted by Gasteiger charge is -2.11. The van der Waals surface area contributed by atoms with Gasteiger partial charge in [-0.1, -0.05) is 18.3 Å². The molecule has 104 valence electrons. The molecule has 2 nitrogen and oxygen atoms in total. The van der Waals surface area contributed by atoms with Crippen LogP contribution in [0.4, 0.5) is 24.5 Å². The van der Waals surface area contributed by atoms with Crippen LogP contribution < -0.4 is 11.1 Å². The van der Waals surface area contributed by atoms with Crippen molar-refractivity contribution in [3.63, 3.8) is 0 Å². The van der Waals surface area contributed by atoms with Gasteiger partial charge in [-0.2, -0.15) is 0 Å². The number of rotatable bonds is 3. The summed E-state index contributed by atoms with van der Waals surface area (Å²) in [6.07, 6.45) is 0. The van der Waals surface area contributed by atoms with Gasteiger partial charge < -0.3 is 11.1 Å². The molecule has 2 aromatic carbocycles. The predicted molar refractivity (Wildman–Crippen MR) is 76.7 cm³/mol. The van der Waals surface area contributed by atoms with Gasteiger partial charge in [0.1, 0.15) is 10.8 Å². The number of thiocarbonyl (C=S) groups is 1. The van der Waals surface area contributed by atoms with Crippen molar-refractivity contribution in [1.29, 1.82) is 0 Å². The van der Waals surface area contributed by atoms with Crippen LogP contribution in [0.3, 0.4) is 0 Å². The summed E-state index contributed by atoms with van der Waals surface area (Å²) in [7, 11) is 0. The molecule has 0 heterocycles. The molecule has 0 saturated heterocycles. The van der Waals surface area contributed by atoms with Crippen molar-refractivity contribution >= 4 is 28.6 Å². The van der Waals surface area contributed by atoms with E-state index in [1.54, 1.807) is 13.0 Å². The number of nitrogens with two attached hydrogens (primary N) is 1. The van der Waals surface area contributed by atoms with Gasteiger partial charge in [-0.3, -0.25) is 0 Å². The molecular formula is C14H11F3N2S. The van der Waals surface area contributed by atoms with Gasteiger partial charge in [0, 0.05) is 5.56 Å². The number of hydrogen-bond acceptors (Lipinski definition) is 2. The van der Waals surface area contributed by atoms with Crippen LogP contribution in [0.15, 0.2) is 30.3 Å². The summed E-state index contributed by atoms with van der Waals surface area (Å²) in [5.41, 5.74) is 5.67. The molecule has 20 heavy (non-hydrogen) atoms. The average molecular weight is 296 g/mol. The predicted octanol–water partition coefficient (Wildman–Crippen LogP) is 3.79. The maximum absolute atomic E-state index is 13.8. The van der Waals surface area contributed by atoms with Crippen molar-refractivity contribution in [2.24, 2.45) is 5.73 Å². The zero-order valence-corrected chi connectivity index (χ0v) is 11.3. The third-order valence-electron chi connectivity index (χ3n) is 2.74. The summed E-state index contributed by atoms with van der Waals surface area (Å²) >= 11 is 4.61. The average Bonchev–Trinajstić information content (AvgIpc) is 2.37. The fourth-order valence-corrected chi connectivity index (χ4v) is 1.86. The van der Waals surface area contributed by atoms with E-state index in [9.17, 15) is 13.2 Å². The monoisotopic (exact) mass is 296 g/mol. The van der Waals surface area contributed by atoms with Crippen molar-refractivity contribution in [3.05, 3.63) is 58.9 Å². The number of hydrogen-bond donors (Lipinski definition) is 2. The van der Waals surface area contributed by atoms with E-state index < -0.39 is 17.5 Å². The van der Waals surface area contributed by atoms with Crippen molar-refractivity contribution in [2.45, 2.75) is 6.92 Å². The molecule has 0 aliphatic rings. The van der Waals surface area contributed by atoms with Gasteiger partial charge in [0.25, 0.3) is 0 Å². The second kappa shape index (κ2) is 5.50. The molecule has 0 radical (unpaired) electrons. The topological polar surface area (TPSA) is 38.0 Å². The smallest absolute Gasteiger partial charge is 0.182 e. The van der Waals surface area contributed by atoms with Gasteiger partial charge in [-0.15, -0.1) is 0 Å². The Hall–Kier alpha value is -2.08. The lowest BCUT2D eigenvalue weighted by Crippen LogP contribution is -2.13. The molecule has 2 rings (SSSR count). The van der Waals surface area contributed by atoms with E-state index in [2.05, 4.69) is 17.5 Å². The second-order valence-electron chi connectivity index (χ2n) is 4.26. The Balaban J connectivity index is 2.39. The van der Waals surface area contributed by atoms with Gasteiger partial charge in [-0.25, -0.2) is 13.2 Å². The fraction of sp³-hybridized carbons (Fsp3) is 0.0714. The lowest BCUT2D eigenvalue weighted by molar-refractivity contribution is 0.510. The van der Waals surface area contributed by atoms with Crippen molar-refractivity contribution < 1.29 is 13.2 Å². The number of aryl methyl sites for hydroxylation is 1. The molecule has 0 aliphatic carbocycles. The normalized spacial score (nSPS) is 10.4. The molecule has 0 bridgehead atoms. The van der Waals surface area contributed by atoms with Crippen LogP contribution in [0, 0.1) is 24.4 Å². The first-order chi connectivity index (χ1) is 9.40. The molecule has 0 unspecified atom stereocenters. The Morgan fingerprint density at radius 2 is 1.70 bits per heavy atom. The van der Waals surface area contributed by atoms with E-state index in [0.29, 0.717) is 0 Å². The Kier molecular flexibility index (Phi) is 3.94. The maximum Gasteiger partial charge on any atom is 0.182 e. The summed E-state index contributed by atoms with van der Waals surface area (Å²) in [6.45, 7) is 1.73. The van der Waals surface area contributed by atoms with Crippen LogP contribution in [-0.2, 0) is 0 Å². The first-order valence-corrected chi connectivity index (χ1v) is 6.12. The van der Waals surface area contributed by atoms with E-state index in [1.165, 1.54) is 24.3 Å². The molecule has 0 saturated carbocycles. The van der Waals surface area contributed by atoms with Crippen molar-refractivity contribution in [2.75, 3.05) is 5.32 Å². The van der Waals surface area contributed by atoms with Crippen LogP contribution in [-0.4, -0.2) is 4.99 Å². The maximum atomic E-state index is 13.8. The van der Waals surface area contributed by atoms with Gasteiger partial charge in [0.05, 0.1) is 11.4 Å².